The Balaban J connectivity index is 1.94. The van der Waals surface area contributed by atoms with Crippen molar-refractivity contribution in [3.63, 3.8) is 0 Å². The first-order chi connectivity index (χ1) is 8.66. The molecule has 18 heavy (non-hydrogen) atoms. The van der Waals surface area contributed by atoms with Crippen LogP contribution in [0.1, 0.15) is 0 Å². The molecular formula is C12H12BrN3O2. The van der Waals surface area contributed by atoms with E-state index in [1.54, 1.807) is 24.3 Å². The Morgan fingerprint density at radius 1 is 1.33 bits per heavy atom. The van der Waals surface area contributed by atoms with Crippen molar-refractivity contribution < 1.29 is 4.74 Å². The van der Waals surface area contributed by atoms with Crippen LogP contribution in [0.25, 0.3) is 0 Å². The van der Waals surface area contributed by atoms with Gasteiger partial charge in [0.2, 0.25) is 0 Å². The number of nitrogens with two attached hydrogens (primary N) is 1. The van der Waals surface area contributed by atoms with Gasteiger partial charge in [-0.2, -0.15) is 0 Å². The molecule has 94 valence electrons. The zero-order chi connectivity index (χ0) is 13.0. The number of hydrogen-bond donors (Lipinski definition) is 1. The first kappa shape index (κ1) is 12.6. The molecule has 1 aromatic heterocycles. The molecule has 2 aromatic rings. The number of aromatic nitrogens is 2. The minimum absolute atomic E-state index is 0.120. The van der Waals surface area contributed by atoms with E-state index < -0.39 is 0 Å². The van der Waals surface area contributed by atoms with Crippen molar-refractivity contribution in [2.45, 2.75) is 6.54 Å². The van der Waals surface area contributed by atoms with Crippen molar-refractivity contribution >= 4 is 21.6 Å². The van der Waals surface area contributed by atoms with Gasteiger partial charge in [-0.25, -0.2) is 4.98 Å². The molecule has 1 aromatic carbocycles. The molecule has 0 radical (unpaired) electrons. The van der Waals surface area contributed by atoms with Crippen LogP contribution in [0.2, 0.25) is 0 Å². The third-order valence-electron chi connectivity index (χ3n) is 2.34. The Kier molecular flexibility index (Phi) is 3.99. The molecule has 0 aliphatic rings. The number of nitrogens with zero attached hydrogens (tertiary/aromatic N) is 2. The summed E-state index contributed by atoms with van der Waals surface area (Å²) >= 11 is 3.14. The quantitative estimate of drug-likeness (QED) is 0.872. The van der Waals surface area contributed by atoms with Gasteiger partial charge in [-0.15, -0.1) is 0 Å². The van der Waals surface area contributed by atoms with E-state index in [1.165, 1.54) is 17.1 Å². The average molecular weight is 310 g/mol. The van der Waals surface area contributed by atoms with Crippen LogP contribution < -0.4 is 16.0 Å². The van der Waals surface area contributed by atoms with Crippen molar-refractivity contribution in [2.75, 3.05) is 12.3 Å². The standard InChI is InChI=1S/C12H12BrN3O2/c13-11-7-15-8-16(12(11)17)5-6-18-10-3-1-9(14)2-4-10/h1-4,7-8H,5-6,14H2. The van der Waals surface area contributed by atoms with E-state index in [-0.39, 0.29) is 5.56 Å². The summed E-state index contributed by atoms with van der Waals surface area (Å²) in [5.41, 5.74) is 6.14. The number of benzene rings is 1. The Morgan fingerprint density at radius 2 is 2.06 bits per heavy atom. The second-order valence-electron chi connectivity index (χ2n) is 3.66. The van der Waals surface area contributed by atoms with E-state index in [4.69, 9.17) is 10.5 Å². The molecule has 2 rings (SSSR count). The minimum atomic E-state index is -0.120. The molecule has 5 nitrogen and oxygen atoms in total. The summed E-state index contributed by atoms with van der Waals surface area (Å²) < 4.78 is 7.43. The van der Waals surface area contributed by atoms with Crippen LogP contribution in [0.5, 0.6) is 5.75 Å². The molecule has 0 saturated heterocycles. The van der Waals surface area contributed by atoms with Gasteiger partial charge in [0.15, 0.2) is 0 Å². The molecule has 6 heteroatoms. The van der Waals surface area contributed by atoms with Gasteiger partial charge in [0, 0.05) is 11.9 Å². The van der Waals surface area contributed by atoms with Gasteiger partial charge in [0.1, 0.15) is 16.8 Å². The van der Waals surface area contributed by atoms with Crippen molar-refractivity contribution in [3.8, 4) is 5.75 Å². The van der Waals surface area contributed by atoms with Crippen LogP contribution in [0, 0.1) is 0 Å². The molecule has 0 amide bonds. The lowest BCUT2D eigenvalue weighted by Gasteiger charge is -2.08. The van der Waals surface area contributed by atoms with Gasteiger partial charge in [0.25, 0.3) is 5.56 Å². The predicted octanol–water partition coefficient (Wildman–Crippen LogP) is 1.67. The predicted molar refractivity (Wildman–Crippen MR) is 72.5 cm³/mol. The molecule has 0 atom stereocenters. The Hall–Kier alpha value is -1.82. The van der Waals surface area contributed by atoms with Gasteiger partial charge in [0.05, 0.1) is 12.9 Å². The van der Waals surface area contributed by atoms with E-state index in [0.29, 0.717) is 23.3 Å². The fraction of sp³-hybridized carbons (Fsp3) is 0.167. The van der Waals surface area contributed by atoms with Gasteiger partial charge in [-0.1, -0.05) is 0 Å². The second-order valence-corrected chi connectivity index (χ2v) is 4.51. The van der Waals surface area contributed by atoms with Gasteiger partial charge >= 0.3 is 0 Å². The smallest absolute Gasteiger partial charge is 0.267 e. The zero-order valence-electron chi connectivity index (χ0n) is 9.54. The van der Waals surface area contributed by atoms with E-state index in [2.05, 4.69) is 20.9 Å². The fourth-order valence-corrected chi connectivity index (χ4v) is 1.76. The van der Waals surface area contributed by atoms with Crippen LogP contribution in [0.15, 0.2) is 46.1 Å². The highest BCUT2D eigenvalue weighted by atomic mass is 79.9. The first-order valence-electron chi connectivity index (χ1n) is 5.35. The van der Waals surface area contributed by atoms with Crippen molar-refractivity contribution in [1.82, 2.24) is 9.55 Å². The van der Waals surface area contributed by atoms with E-state index in [9.17, 15) is 4.79 Å². The van der Waals surface area contributed by atoms with Crippen LogP contribution >= 0.6 is 15.9 Å². The molecule has 1 heterocycles. The maximum absolute atomic E-state index is 11.7. The number of hydrogen-bond acceptors (Lipinski definition) is 4. The zero-order valence-corrected chi connectivity index (χ0v) is 11.1. The topological polar surface area (TPSA) is 70.1 Å². The highest BCUT2D eigenvalue weighted by molar-refractivity contribution is 9.10. The van der Waals surface area contributed by atoms with E-state index in [1.807, 2.05) is 0 Å². The Labute approximate surface area is 112 Å². The minimum Gasteiger partial charge on any atom is -0.492 e. The van der Waals surface area contributed by atoms with Crippen molar-refractivity contribution in [1.29, 1.82) is 0 Å². The molecule has 0 spiro atoms. The Morgan fingerprint density at radius 3 is 2.78 bits per heavy atom. The van der Waals surface area contributed by atoms with Crippen LogP contribution in [-0.4, -0.2) is 16.2 Å². The van der Waals surface area contributed by atoms with Gasteiger partial charge < -0.3 is 10.5 Å². The fourth-order valence-electron chi connectivity index (χ4n) is 1.41. The molecule has 0 saturated carbocycles. The number of halogens is 1. The third-order valence-corrected chi connectivity index (χ3v) is 2.88. The average Bonchev–Trinajstić information content (AvgIpc) is 2.37. The maximum Gasteiger partial charge on any atom is 0.267 e. The molecule has 0 fully saturated rings. The summed E-state index contributed by atoms with van der Waals surface area (Å²) in [6.07, 6.45) is 2.96. The van der Waals surface area contributed by atoms with Gasteiger partial charge in [-0.3, -0.25) is 9.36 Å². The molecule has 0 aliphatic heterocycles. The number of ether oxygens (including phenoxy) is 1. The number of anilines is 1. The van der Waals surface area contributed by atoms with E-state index >= 15 is 0 Å². The molecule has 0 bridgehead atoms. The molecule has 0 unspecified atom stereocenters. The highest BCUT2D eigenvalue weighted by Gasteiger charge is 2.01. The monoisotopic (exact) mass is 309 g/mol. The summed E-state index contributed by atoms with van der Waals surface area (Å²) in [6.45, 7) is 0.831. The first-order valence-corrected chi connectivity index (χ1v) is 6.14. The lowest BCUT2D eigenvalue weighted by molar-refractivity contribution is 0.295. The lowest BCUT2D eigenvalue weighted by Crippen LogP contribution is -2.23. The van der Waals surface area contributed by atoms with Gasteiger partial charge in [-0.05, 0) is 40.2 Å². The largest absolute Gasteiger partial charge is 0.492 e. The molecule has 0 aliphatic carbocycles. The SMILES string of the molecule is Nc1ccc(OCCn2cncc(Br)c2=O)cc1. The lowest BCUT2D eigenvalue weighted by atomic mass is 10.3. The summed E-state index contributed by atoms with van der Waals surface area (Å²) in [7, 11) is 0. The maximum atomic E-state index is 11.7. The van der Waals surface area contributed by atoms with Crippen LogP contribution in [0.4, 0.5) is 5.69 Å². The van der Waals surface area contributed by atoms with Crippen LogP contribution in [0.3, 0.4) is 0 Å². The van der Waals surface area contributed by atoms with E-state index in [0.717, 1.165) is 5.75 Å². The Bertz CT molecular complexity index is 581. The normalized spacial score (nSPS) is 10.3. The number of rotatable bonds is 4. The van der Waals surface area contributed by atoms with Crippen molar-refractivity contribution in [2.24, 2.45) is 0 Å². The third kappa shape index (κ3) is 3.10. The number of nitrogen functional groups attached to an aromatic ring is 1. The molecular weight excluding hydrogens is 298 g/mol. The van der Waals surface area contributed by atoms with Crippen molar-refractivity contribution in [3.05, 3.63) is 51.6 Å². The summed E-state index contributed by atoms with van der Waals surface area (Å²) in [5, 5.41) is 0. The highest BCUT2D eigenvalue weighted by Crippen LogP contribution is 2.12. The second kappa shape index (κ2) is 5.68. The summed E-state index contributed by atoms with van der Waals surface area (Å²) in [4.78, 5) is 15.6. The summed E-state index contributed by atoms with van der Waals surface area (Å²) in [5.74, 6) is 0.722. The van der Waals surface area contributed by atoms with Crippen LogP contribution in [-0.2, 0) is 6.54 Å². The molecule has 2 N–H and O–H groups in total. The summed E-state index contributed by atoms with van der Waals surface area (Å²) in [6, 6.07) is 7.11.